The average Bonchev–Trinajstić information content (AvgIpc) is 3.40. The van der Waals surface area contributed by atoms with Crippen molar-refractivity contribution in [3.8, 4) is 16.8 Å². The molecule has 0 saturated carbocycles. The van der Waals surface area contributed by atoms with Gasteiger partial charge in [-0.15, -0.1) is 11.3 Å². The minimum Gasteiger partial charge on any atom is -0.309 e. The molecule has 0 saturated heterocycles. The first-order chi connectivity index (χ1) is 15.9. The molecule has 32 heavy (non-hydrogen) atoms. The number of nitrogens with zero attached hydrogens (tertiary/aromatic N) is 1. The third-order valence-corrected chi connectivity index (χ3v) is 7.64. The van der Waals surface area contributed by atoms with Gasteiger partial charge in [0.1, 0.15) is 0 Å². The van der Waals surface area contributed by atoms with E-state index in [0.717, 1.165) is 0 Å². The van der Waals surface area contributed by atoms with E-state index >= 15 is 0 Å². The van der Waals surface area contributed by atoms with Crippen LogP contribution in [0.15, 0.2) is 115 Å². The molecule has 7 rings (SSSR count). The van der Waals surface area contributed by atoms with Crippen molar-refractivity contribution in [2.24, 2.45) is 0 Å². The van der Waals surface area contributed by atoms with Crippen LogP contribution in [0.2, 0.25) is 0 Å². The molecule has 0 aliphatic rings. The number of aromatic nitrogens is 1. The lowest BCUT2D eigenvalue weighted by Gasteiger charge is -2.14. The van der Waals surface area contributed by atoms with Crippen molar-refractivity contribution >= 4 is 53.3 Å². The quantitative estimate of drug-likeness (QED) is 0.261. The summed E-state index contributed by atoms with van der Waals surface area (Å²) in [5.74, 6) is 0. The fraction of sp³-hybridized carbons (Fsp3) is 0. The summed E-state index contributed by atoms with van der Waals surface area (Å²) in [6, 6.07) is 41.7. The highest BCUT2D eigenvalue weighted by molar-refractivity contribution is 7.26. The lowest BCUT2D eigenvalue weighted by Crippen LogP contribution is -1.97. The van der Waals surface area contributed by atoms with E-state index in [1.807, 2.05) is 11.3 Å². The predicted octanol–water partition coefficient (Wildman–Crippen LogP) is 8.82. The van der Waals surface area contributed by atoms with Crippen molar-refractivity contribution in [2.75, 3.05) is 0 Å². The summed E-state index contributed by atoms with van der Waals surface area (Å²) in [5.41, 5.74) is 6.25. The highest BCUT2D eigenvalue weighted by Crippen LogP contribution is 2.42. The van der Waals surface area contributed by atoms with E-state index in [9.17, 15) is 0 Å². The number of hydrogen-bond donors (Lipinski definition) is 0. The molecule has 0 N–H and O–H groups in total. The Labute approximate surface area is 189 Å². The van der Waals surface area contributed by atoms with Gasteiger partial charge in [0.15, 0.2) is 0 Å². The number of benzene rings is 5. The maximum Gasteiger partial charge on any atom is 0.0541 e. The zero-order valence-corrected chi connectivity index (χ0v) is 18.1. The molecule has 2 heterocycles. The highest BCUT2D eigenvalue weighted by atomic mass is 32.1. The SMILES string of the molecule is c1ccc(-n2c3ccccc3c3ccccc32)c(-c2cccc3c2sc2ccccc23)c1. The van der Waals surface area contributed by atoms with E-state index in [1.165, 1.54) is 58.8 Å². The fourth-order valence-corrected chi connectivity index (χ4v) is 6.27. The molecule has 0 radical (unpaired) electrons. The lowest BCUT2D eigenvalue weighted by atomic mass is 10.0. The molecule has 0 aliphatic heterocycles. The Balaban J connectivity index is 1.60. The Bertz CT molecular complexity index is 1730. The summed E-state index contributed by atoms with van der Waals surface area (Å²) in [4.78, 5) is 0. The molecule has 2 heteroatoms. The molecule has 0 bridgehead atoms. The Kier molecular flexibility index (Phi) is 3.78. The maximum atomic E-state index is 2.42. The van der Waals surface area contributed by atoms with Crippen molar-refractivity contribution in [1.29, 1.82) is 0 Å². The summed E-state index contributed by atoms with van der Waals surface area (Å²) in [6.07, 6.45) is 0. The summed E-state index contributed by atoms with van der Waals surface area (Å²) in [6.45, 7) is 0. The number of thiophene rings is 1. The first-order valence-electron chi connectivity index (χ1n) is 10.9. The Hall–Kier alpha value is -3.88. The van der Waals surface area contributed by atoms with Crippen LogP contribution >= 0.6 is 11.3 Å². The van der Waals surface area contributed by atoms with Crippen LogP contribution in [0.4, 0.5) is 0 Å². The van der Waals surface area contributed by atoms with Gasteiger partial charge in [-0.3, -0.25) is 0 Å². The van der Waals surface area contributed by atoms with E-state index in [4.69, 9.17) is 0 Å². The Morgan fingerprint density at radius 1 is 0.438 bits per heavy atom. The largest absolute Gasteiger partial charge is 0.309 e. The second-order valence-electron chi connectivity index (χ2n) is 8.17. The van der Waals surface area contributed by atoms with Crippen LogP contribution in [0.25, 0.3) is 58.8 Å². The molecule has 150 valence electrons. The minimum absolute atomic E-state index is 1.22. The van der Waals surface area contributed by atoms with Gasteiger partial charge >= 0.3 is 0 Å². The third kappa shape index (κ3) is 2.44. The van der Waals surface area contributed by atoms with Crippen LogP contribution in [0.3, 0.4) is 0 Å². The molecule has 2 aromatic heterocycles. The molecule has 0 aliphatic carbocycles. The van der Waals surface area contributed by atoms with Crippen LogP contribution < -0.4 is 0 Å². The normalized spacial score (nSPS) is 11.8. The molecule has 7 aromatic rings. The van der Waals surface area contributed by atoms with Gasteiger partial charge in [0.05, 0.1) is 16.7 Å². The Morgan fingerprint density at radius 3 is 1.78 bits per heavy atom. The third-order valence-electron chi connectivity index (χ3n) is 6.42. The Morgan fingerprint density at radius 2 is 1.00 bits per heavy atom. The molecule has 1 nitrogen and oxygen atoms in total. The smallest absolute Gasteiger partial charge is 0.0541 e. The van der Waals surface area contributed by atoms with Crippen molar-refractivity contribution in [3.63, 3.8) is 0 Å². The standard InChI is InChI=1S/C30H19NS/c1-5-16-26-20(10-1)21-11-2-6-17-27(21)31(26)28-18-7-3-12-22(28)24-14-9-15-25-23-13-4-8-19-29(23)32-30(24)25/h1-19H. The van der Waals surface area contributed by atoms with Crippen LogP contribution in [-0.2, 0) is 0 Å². The van der Waals surface area contributed by atoms with Gasteiger partial charge in [0.2, 0.25) is 0 Å². The summed E-state index contributed by atoms with van der Waals surface area (Å²) in [7, 11) is 0. The van der Waals surface area contributed by atoms with Gasteiger partial charge in [-0.05, 0) is 24.3 Å². The molecular formula is C30H19NS. The van der Waals surface area contributed by atoms with E-state index in [0.29, 0.717) is 0 Å². The van der Waals surface area contributed by atoms with Gasteiger partial charge in [0.25, 0.3) is 0 Å². The van der Waals surface area contributed by atoms with E-state index in [2.05, 4.69) is 120 Å². The topological polar surface area (TPSA) is 4.93 Å². The van der Waals surface area contributed by atoms with Gasteiger partial charge in [-0.25, -0.2) is 0 Å². The summed E-state index contributed by atoms with van der Waals surface area (Å²) < 4.78 is 5.11. The summed E-state index contributed by atoms with van der Waals surface area (Å²) >= 11 is 1.89. The number of fused-ring (bicyclic) bond motifs is 6. The van der Waals surface area contributed by atoms with Gasteiger partial charge in [-0.1, -0.05) is 91.0 Å². The van der Waals surface area contributed by atoms with Crippen LogP contribution in [0.5, 0.6) is 0 Å². The number of para-hydroxylation sites is 3. The summed E-state index contributed by atoms with van der Waals surface area (Å²) in [5, 5.41) is 5.25. The first kappa shape index (κ1) is 17.8. The van der Waals surface area contributed by atoms with Crippen LogP contribution in [0.1, 0.15) is 0 Å². The fourth-order valence-electron chi connectivity index (χ4n) is 5.04. The van der Waals surface area contributed by atoms with E-state index < -0.39 is 0 Å². The van der Waals surface area contributed by atoms with Crippen molar-refractivity contribution in [2.45, 2.75) is 0 Å². The molecule has 0 fully saturated rings. The van der Waals surface area contributed by atoms with Crippen LogP contribution in [0, 0.1) is 0 Å². The van der Waals surface area contributed by atoms with Gasteiger partial charge in [-0.2, -0.15) is 0 Å². The molecule has 0 amide bonds. The second-order valence-corrected chi connectivity index (χ2v) is 9.22. The predicted molar refractivity (Wildman–Crippen MR) is 139 cm³/mol. The van der Waals surface area contributed by atoms with E-state index in [1.54, 1.807) is 0 Å². The molecule has 5 aromatic carbocycles. The molecule has 0 atom stereocenters. The minimum atomic E-state index is 1.22. The number of hydrogen-bond acceptors (Lipinski definition) is 1. The maximum absolute atomic E-state index is 2.42. The van der Waals surface area contributed by atoms with Crippen molar-refractivity contribution in [1.82, 2.24) is 4.57 Å². The monoisotopic (exact) mass is 425 g/mol. The van der Waals surface area contributed by atoms with Crippen molar-refractivity contribution in [3.05, 3.63) is 115 Å². The highest BCUT2D eigenvalue weighted by Gasteiger charge is 2.17. The second kappa shape index (κ2) is 6.81. The van der Waals surface area contributed by atoms with Crippen molar-refractivity contribution < 1.29 is 0 Å². The molecular weight excluding hydrogens is 406 g/mol. The first-order valence-corrected chi connectivity index (χ1v) is 11.7. The zero-order valence-electron chi connectivity index (χ0n) is 17.3. The molecule has 0 spiro atoms. The van der Waals surface area contributed by atoms with Gasteiger partial charge < -0.3 is 4.57 Å². The lowest BCUT2D eigenvalue weighted by molar-refractivity contribution is 1.18. The average molecular weight is 426 g/mol. The number of rotatable bonds is 2. The van der Waals surface area contributed by atoms with Crippen LogP contribution in [-0.4, -0.2) is 4.57 Å². The van der Waals surface area contributed by atoms with E-state index in [-0.39, 0.29) is 0 Å². The van der Waals surface area contributed by atoms with Gasteiger partial charge in [0, 0.05) is 42.1 Å². The molecule has 0 unspecified atom stereocenters. The zero-order chi connectivity index (χ0) is 21.1.